The molecule has 122 valence electrons. The molecule has 0 radical (unpaired) electrons. The molecular formula is C18H28N2OS. The molecule has 4 atom stereocenters. The second-order valence-electron chi connectivity index (χ2n) is 7.79. The molecule has 1 saturated carbocycles. The van der Waals surface area contributed by atoms with Crippen molar-refractivity contribution in [2.75, 3.05) is 13.1 Å². The lowest BCUT2D eigenvalue weighted by molar-refractivity contribution is 0.295. The van der Waals surface area contributed by atoms with Gasteiger partial charge in [-0.3, -0.25) is 4.90 Å². The summed E-state index contributed by atoms with van der Waals surface area (Å²) >= 11 is 0. The molecule has 22 heavy (non-hydrogen) atoms. The van der Waals surface area contributed by atoms with Crippen LogP contribution in [-0.2, 0) is 17.5 Å². The van der Waals surface area contributed by atoms with Crippen LogP contribution in [0.5, 0.6) is 0 Å². The van der Waals surface area contributed by atoms with Gasteiger partial charge < -0.3 is 0 Å². The first-order valence-corrected chi connectivity index (χ1v) is 9.53. The molecule has 1 aliphatic carbocycles. The molecule has 2 aliphatic rings. The SMILES string of the molecule is CC(C)(C)[S@](=O)N[C@@H]1CC[C@@H]2CN(Cc3ccccc3)C[C@@H]21. The topological polar surface area (TPSA) is 32.3 Å². The Morgan fingerprint density at radius 1 is 1.18 bits per heavy atom. The van der Waals surface area contributed by atoms with Crippen molar-refractivity contribution in [3.05, 3.63) is 35.9 Å². The van der Waals surface area contributed by atoms with Crippen molar-refractivity contribution in [2.45, 2.75) is 50.9 Å². The van der Waals surface area contributed by atoms with Gasteiger partial charge in [0.2, 0.25) is 0 Å². The molecule has 0 bridgehead atoms. The van der Waals surface area contributed by atoms with E-state index in [9.17, 15) is 4.21 Å². The molecule has 2 fully saturated rings. The van der Waals surface area contributed by atoms with Gasteiger partial charge in [0, 0.05) is 25.7 Å². The molecule has 1 aliphatic heterocycles. The Bertz CT molecular complexity index is 526. The van der Waals surface area contributed by atoms with E-state index in [-0.39, 0.29) is 4.75 Å². The average molecular weight is 321 g/mol. The zero-order chi connectivity index (χ0) is 15.7. The van der Waals surface area contributed by atoms with Crippen molar-refractivity contribution in [3.8, 4) is 0 Å². The number of likely N-dealkylation sites (tertiary alicyclic amines) is 1. The maximum atomic E-state index is 12.4. The summed E-state index contributed by atoms with van der Waals surface area (Å²) in [4.78, 5) is 2.57. The number of rotatable bonds is 4. The zero-order valence-corrected chi connectivity index (χ0v) is 14.7. The molecule has 0 spiro atoms. The first-order chi connectivity index (χ1) is 10.4. The molecule has 1 heterocycles. The Morgan fingerprint density at radius 2 is 1.91 bits per heavy atom. The van der Waals surface area contributed by atoms with E-state index in [0.29, 0.717) is 12.0 Å². The van der Waals surface area contributed by atoms with E-state index < -0.39 is 11.0 Å². The van der Waals surface area contributed by atoms with Crippen molar-refractivity contribution < 1.29 is 4.21 Å². The second-order valence-corrected chi connectivity index (χ2v) is 9.78. The largest absolute Gasteiger partial charge is 0.298 e. The smallest absolute Gasteiger partial charge is 0.0972 e. The van der Waals surface area contributed by atoms with Crippen molar-refractivity contribution in [2.24, 2.45) is 11.8 Å². The van der Waals surface area contributed by atoms with E-state index >= 15 is 0 Å². The van der Waals surface area contributed by atoms with Crippen LogP contribution in [0.1, 0.15) is 39.2 Å². The Hall–Kier alpha value is -0.710. The Labute approximate surface area is 137 Å². The molecule has 3 rings (SSSR count). The Balaban J connectivity index is 1.58. The average Bonchev–Trinajstić information content (AvgIpc) is 3.00. The van der Waals surface area contributed by atoms with Crippen molar-refractivity contribution in [1.29, 1.82) is 0 Å². The van der Waals surface area contributed by atoms with E-state index in [1.807, 2.05) is 20.8 Å². The number of hydrogen-bond donors (Lipinski definition) is 1. The molecule has 1 aromatic rings. The van der Waals surface area contributed by atoms with Gasteiger partial charge in [0.1, 0.15) is 0 Å². The van der Waals surface area contributed by atoms with Crippen LogP contribution in [0.25, 0.3) is 0 Å². The van der Waals surface area contributed by atoms with Crippen molar-refractivity contribution in [1.82, 2.24) is 9.62 Å². The van der Waals surface area contributed by atoms with Crippen molar-refractivity contribution in [3.63, 3.8) is 0 Å². The fourth-order valence-corrected chi connectivity index (χ4v) is 4.71. The molecule has 0 aromatic heterocycles. The minimum absolute atomic E-state index is 0.180. The van der Waals surface area contributed by atoms with Crippen LogP contribution < -0.4 is 4.72 Å². The Kier molecular flexibility index (Phi) is 4.72. The predicted octanol–water partition coefficient (Wildman–Crippen LogP) is 2.95. The lowest BCUT2D eigenvalue weighted by Crippen LogP contribution is -2.42. The van der Waals surface area contributed by atoms with Crippen LogP contribution in [0, 0.1) is 11.8 Å². The number of nitrogens with zero attached hydrogens (tertiary/aromatic N) is 1. The molecule has 0 unspecified atom stereocenters. The monoisotopic (exact) mass is 320 g/mol. The van der Waals surface area contributed by atoms with Crippen LogP contribution in [-0.4, -0.2) is 33.0 Å². The van der Waals surface area contributed by atoms with Gasteiger partial charge in [0.25, 0.3) is 0 Å². The Morgan fingerprint density at radius 3 is 2.59 bits per heavy atom. The summed E-state index contributed by atoms with van der Waals surface area (Å²) in [7, 11) is -0.954. The van der Waals surface area contributed by atoms with Crippen LogP contribution in [0.15, 0.2) is 30.3 Å². The van der Waals surface area contributed by atoms with Gasteiger partial charge in [0.05, 0.1) is 15.7 Å². The first-order valence-electron chi connectivity index (χ1n) is 8.38. The summed E-state index contributed by atoms with van der Waals surface area (Å²) in [6.07, 6.45) is 2.45. The quantitative estimate of drug-likeness (QED) is 0.925. The van der Waals surface area contributed by atoms with Crippen LogP contribution >= 0.6 is 0 Å². The number of hydrogen-bond acceptors (Lipinski definition) is 2. The zero-order valence-electron chi connectivity index (χ0n) is 13.9. The third-order valence-corrected chi connectivity index (χ3v) is 6.63. The van der Waals surface area contributed by atoms with Gasteiger partial charge in [-0.25, -0.2) is 8.93 Å². The molecule has 3 nitrogen and oxygen atoms in total. The van der Waals surface area contributed by atoms with Crippen LogP contribution in [0.2, 0.25) is 0 Å². The van der Waals surface area contributed by atoms with Gasteiger partial charge in [-0.1, -0.05) is 30.3 Å². The van der Waals surface area contributed by atoms with E-state index in [0.717, 1.165) is 19.0 Å². The number of fused-ring (bicyclic) bond motifs is 1. The minimum Gasteiger partial charge on any atom is -0.298 e. The van der Waals surface area contributed by atoms with E-state index in [4.69, 9.17) is 0 Å². The maximum Gasteiger partial charge on any atom is 0.0972 e. The molecular weight excluding hydrogens is 292 g/mol. The summed E-state index contributed by atoms with van der Waals surface area (Å²) in [6.45, 7) is 9.50. The third-order valence-electron chi connectivity index (χ3n) is 5.00. The molecule has 1 aromatic carbocycles. The van der Waals surface area contributed by atoms with E-state index in [2.05, 4.69) is 40.0 Å². The van der Waals surface area contributed by atoms with Crippen molar-refractivity contribution >= 4 is 11.0 Å². The fraction of sp³-hybridized carbons (Fsp3) is 0.667. The van der Waals surface area contributed by atoms with E-state index in [1.54, 1.807) is 0 Å². The van der Waals surface area contributed by atoms with Crippen LogP contribution in [0.4, 0.5) is 0 Å². The number of benzene rings is 1. The van der Waals surface area contributed by atoms with E-state index in [1.165, 1.54) is 24.9 Å². The highest BCUT2D eigenvalue weighted by Crippen LogP contribution is 2.39. The number of nitrogens with one attached hydrogen (secondary N) is 1. The predicted molar refractivity (Wildman–Crippen MR) is 92.8 cm³/mol. The minimum atomic E-state index is -0.954. The molecule has 4 heteroatoms. The molecule has 0 amide bonds. The summed E-state index contributed by atoms with van der Waals surface area (Å²) < 4.78 is 15.6. The molecule has 1 saturated heterocycles. The van der Waals surface area contributed by atoms with Gasteiger partial charge >= 0.3 is 0 Å². The second kappa shape index (κ2) is 6.42. The van der Waals surface area contributed by atoms with Gasteiger partial charge in [-0.2, -0.15) is 0 Å². The van der Waals surface area contributed by atoms with Gasteiger partial charge in [0.15, 0.2) is 0 Å². The normalized spacial score (nSPS) is 30.4. The lowest BCUT2D eigenvalue weighted by Gasteiger charge is -2.25. The van der Waals surface area contributed by atoms with Crippen LogP contribution in [0.3, 0.4) is 0 Å². The van der Waals surface area contributed by atoms with Gasteiger partial charge in [-0.05, 0) is 51.0 Å². The lowest BCUT2D eigenvalue weighted by atomic mass is 9.98. The highest BCUT2D eigenvalue weighted by atomic mass is 32.2. The summed E-state index contributed by atoms with van der Waals surface area (Å²) in [5, 5.41) is 0. The summed E-state index contributed by atoms with van der Waals surface area (Å²) in [5.74, 6) is 1.44. The highest BCUT2D eigenvalue weighted by molar-refractivity contribution is 7.84. The highest BCUT2D eigenvalue weighted by Gasteiger charge is 2.43. The van der Waals surface area contributed by atoms with Gasteiger partial charge in [-0.15, -0.1) is 0 Å². The third kappa shape index (κ3) is 3.61. The standard InChI is InChI=1S/C18H28N2OS/c1-18(2,3)22(21)19-17-10-9-15-12-20(13-16(15)17)11-14-7-5-4-6-8-14/h4-8,15-17,19H,9-13H2,1-3H3/t15-,16+,17-,22+/m1/s1. The summed E-state index contributed by atoms with van der Waals surface area (Å²) in [6, 6.07) is 11.1. The first kappa shape index (κ1) is 16.2. The fourth-order valence-electron chi connectivity index (χ4n) is 3.79. The molecule has 1 N–H and O–H groups in total. The summed E-state index contributed by atoms with van der Waals surface area (Å²) in [5.41, 5.74) is 1.39. The maximum absolute atomic E-state index is 12.4.